The molecule has 0 unspecified atom stereocenters. The maximum atomic E-state index is 12.0. The molecule has 0 saturated heterocycles. The number of rotatable bonds is 6. The van der Waals surface area contributed by atoms with Crippen LogP contribution in [0.3, 0.4) is 0 Å². The summed E-state index contributed by atoms with van der Waals surface area (Å²) in [4.78, 5) is 11.4. The van der Waals surface area contributed by atoms with Crippen LogP contribution in [-0.2, 0) is 20.2 Å². The van der Waals surface area contributed by atoms with Crippen LogP contribution in [0.2, 0.25) is 0 Å². The Hall–Kier alpha value is -2.32. The van der Waals surface area contributed by atoms with Crippen molar-refractivity contribution in [2.75, 3.05) is 0 Å². The van der Waals surface area contributed by atoms with E-state index in [1.54, 1.807) is 24.3 Å². The Kier molecular flexibility index (Phi) is 8.30. The third-order valence-corrected chi connectivity index (χ3v) is 7.14. The molecule has 0 aliphatic rings. The number of halogens is 1. The van der Waals surface area contributed by atoms with Gasteiger partial charge in [0.15, 0.2) is 5.69 Å². The van der Waals surface area contributed by atoms with Crippen LogP contribution in [-0.4, -0.2) is 45.9 Å². The number of nitro benzene ring substituents is 1. The molecule has 4 aromatic rings. The Labute approximate surface area is 239 Å². The van der Waals surface area contributed by atoms with Crippen molar-refractivity contribution in [3.8, 4) is 22.8 Å². The Morgan fingerprint density at radius 1 is 0.917 bits per heavy atom. The van der Waals surface area contributed by atoms with Gasteiger partial charge in [0.2, 0.25) is 0 Å². The number of non-ortho nitro benzene ring substituents is 1. The first-order valence-electron chi connectivity index (χ1n) is 9.34. The molecule has 0 spiro atoms. The van der Waals surface area contributed by atoms with Crippen molar-refractivity contribution in [2.45, 2.75) is 9.79 Å². The summed E-state index contributed by atoms with van der Waals surface area (Å²) >= 11 is 2.10. The Morgan fingerprint density at radius 3 is 2.06 bits per heavy atom. The largest absolute Gasteiger partial charge is 1.00 e. The molecular formula is C19H13IN5NaO8S2+2. The molecule has 0 amide bonds. The number of nitro groups is 1. The van der Waals surface area contributed by atoms with Crippen molar-refractivity contribution in [2.24, 2.45) is 0 Å². The van der Waals surface area contributed by atoms with Gasteiger partial charge in [0.05, 0.1) is 20.5 Å². The summed E-state index contributed by atoms with van der Waals surface area (Å²) in [5.41, 5.74) is 0.408. The van der Waals surface area contributed by atoms with E-state index in [0.29, 0.717) is 17.4 Å². The number of hydrogen-bond donors (Lipinski definition) is 2. The monoisotopic (exact) mass is 653 g/mol. The Morgan fingerprint density at radius 2 is 1.53 bits per heavy atom. The summed E-state index contributed by atoms with van der Waals surface area (Å²) in [5.74, 6) is -0.226. The molecule has 1 heterocycles. The molecule has 0 bridgehead atoms. The number of tetrazole rings is 1. The predicted molar refractivity (Wildman–Crippen MR) is 127 cm³/mol. The topological polar surface area (TPSA) is 186 Å². The molecule has 13 nitrogen and oxygen atoms in total. The zero-order chi connectivity index (χ0) is 25.5. The summed E-state index contributed by atoms with van der Waals surface area (Å²) < 4.78 is 66.9. The molecule has 0 saturated carbocycles. The molecule has 0 radical (unpaired) electrons. The molecule has 1 aromatic heterocycles. The van der Waals surface area contributed by atoms with E-state index in [4.69, 9.17) is 0 Å². The number of aromatic nitrogens is 4. The normalized spacial score (nSPS) is 11.6. The van der Waals surface area contributed by atoms with Crippen molar-refractivity contribution in [1.82, 2.24) is 15.0 Å². The fraction of sp³-hybridized carbons (Fsp3) is 0. The average molecular weight is 653 g/mol. The Bertz CT molecular complexity index is 1680. The molecular weight excluding hydrogens is 640 g/mol. The molecule has 0 aliphatic heterocycles. The minimum absolute atomic E-state index is 0. The first-order chi connectivity index (χ1) is 16.3. The summed E-state index contributed by atoms with van der Waals surface area (Å²) in [7, 11) is -9.74. The van der Waals surface area contributed by atoms with Gasteiger partial charge < -0.3 is 0 Å². The SMILES string of the molecule is O=[N+]([O-])c1ccc(-[n+]2nc(-c3ccc(S(=O)(=O)O)cc3S(=O)(=O)O)nn2-c2ccc(I)cc2)cc1.[Na+]. The Balaban J connectivity index is 0.00000361. The van der Waals surface area contributed by atoms with E-state index in [0.717, 1.165) is 15.7 Å². The number of benzene rings is 3. The zero-order valence-corrected chi connectivity index (χ0v) is 23.9. The zero-order valence-electron chi connectivity index (χ0n) is 18.1. The quantitative estimate of drug-likeness (QED) is 0.0668. The fourth-order valence-corrected chi connectivity index (χ4v) is 4.72. The third kappa shape index (κ3) is 5.97. The van der Waals surface area contributed by atoms with Crippen molar-refractivity contribution >= 4 is 48.5 Å². The average Bonchev–Trinajstić information content (AvgIpc) is 3.23. The molecule has 0 aliphatic carbocycles. The molecule has 36 heavy (non-hydrogen) atoms. The fourth-order valence-electron chi connectivity index (χ4n) is 3.07. The van der Waals surface area contributed by atoms with Gasteiger partial charge in [0.1, 0.15) is 10.6 Å². The molecule has 180 valence electrons. The van der Waals surface area contributed by atoms with Gasteiger partial charge in [-0.1, -0.05) is 0 Å². The summed E-state index contributed by atoms with van der Waals surface area (Å²) in [6, 6.07) is 14.8. The summed E-state index contributed by atoms with van der Waals surface area (Å²) in [5, 5.41) is 19.6. The van der Waals surface area contributed by atoms with Crippen molar-refractivity contribution in [1.29, 1.82) is 0 Å². The van der Waals surface area contributed by atoms with E-state index in [1.807, 2.05) is 0 Å². The van der Waals surface area contributed by atoms with Gasteiger partial charge in [-0.15, -0.1) is 0 Å². The van der Waals surface area contributed by atoms with Gasteiger partial charge >= 0.3 is 35.4 Å². The second-order valence-corrected chi connectivity index (χ2v) is 11.0. The van der Waals surface area contributed by atoms with Crippen LogP contribution >= 0.6 is 22.6 Å². The van der Waals surface area contributed by atoms with Gasteiger partial charge in [-0.2, -0.15) is 16.8 Å². The van der Waals surface area contributed by atoms with E-state index >= 15 is 0 Å². The molecule has 0 fully saturated rings. The molecule has 17 heteroatoms. The maximum Gasteiger partial charge on any atom is 1.00 e. The van der Waals surface area contributed by atoms with Gasteiger partial charge in [-0.25, -0.2) is 0 Å². The van der Waals surface area contributed by atoms with Crippen LogP contribution in [0.4, 0.5) is 5.69 Å². The number of nitrogens with zero attached hydrogens (tertiary/aromatic N) is 5. The third-order valence-electron chi connectivity index (χ3n) is 4.68. The van der Waals surface area contributed by atoms with Crippen LogP contribution in [0.25, 0.3) is 22.8 Å². The second-order valence-electron chi connectivity index (χ2n) is 6.96. The number of hydrogen-bond acceptors (Lipinski definition) is 8. The van der Waals surface area contributed by atoms with E-state index in [1.165, 1.54) is 33.9 Å². The standard InChI is InChI=1S/C19H12IN5O8S2.Na/c20-12-1-3-13(4-2-12)23-21-19(22-24(23)14-5-7-15(8-6-14)25(26)27)17-10-9-16(34(28,29)30)11-18(17)35(31,32)33;/h1-11H,(H-,28,29,30,31,32,33);/q;+1/p+1. The van der Waals surface area contributed by atoms with Crippen LogP contribution in [0, 0.1) is 13.7 Å². The van der Waals surface area contributed by atoms with Crippen LogP contribution < -0.4 is 34.4 Å². The van der Waals surface area contributed by atoms with Crippen LogP contribution in [0.15, 0.2) is 76.5 Å². The minimum atomic E-state index is -4.97. The van der Waals surface area contributed by atoms with Crippen LogP contribution in [0.5, 0.6) is 0 Å². The van der Waals surface area contributed by atoms with E-state index in [9.17, 15) is 36.1 Å². The van der Waals surface area contributed by atoms with Gasteiger partial charge in [-0.3, -0.25) is 19.2 Å². The minimum Gasteiger partial charge on any atom is -0.282 e. The van der Waals surface area contributed by atoms with Gasteiger partial charge in [-0.05, 0) is 87.1 Å². The molecule has 0 atom stereocenters. The van der Waals surface area contributed by atoms with Crippen molar-refractivity contribution < 1.29 is 65.2 Å². The van der Waals surface area contributed by atoms with E-state index in [-0.39, 0.29) is 46.6 Å². The first-order valence-corrected chi connectivity index (χ1v) is 13.3. The predicted octanol–water partition coefficient (Wildman–Crippen LogP) is -0.779. The smallest absolute Gasteiger partial charge is 0.282 e. The molecule has 4 rings (SSSR count). The maximum absolute atomic E-state index is 12.0. The van der Waals surface area contributed by atoms with Crippen molar-refractivity contribution in [3.05, 3.63) is 80.4 Å². The van der Waals surface area contributed by atoms with Crippen molar-refractivity contribution in [3.63, 3.8) is 0 Å². The van der Waals surface area contributed by atoms with Crippen LogP contribution in [0.1, 0.15) is 0 Å². The van der Waals surface area contributed by atoms with Gasteiger partial charge in [0, 0.05) is 20.5 Å². The summed E-state index contributed by atoms with van der Waals surface area (Å²) in [6.45, 7) is 0. The van der Waals surface area contributed by atoms with Gasteiger partial charge in [0.25, 0.3) is 25.9 Å². The van der Waals surface area contributed by atoms with E-state index in [2.05, 4.69) is 32.8 Å². The molecule has 2 N–H and O–H groups in total. The summed E-state index contributed by atoms with van der Waals surface area (Å²) in [6.07, 6.45) is 0. The first kappa shape index (κ1) is 28.3. The molecule has 3 aromatic carbocycles. The second kappa shape index (κ2) is 10.6. The van der Waals surface area contributed by atoms with E-state index < -0.39 is 35.0 Å².